The summed E-state index contributed by atoms with van der Waals surface area (Å²) >= 11 is 0. The summed E-state index contributed by atoms with van der Waals surface area (Å²) in [7, 11) is 0. The van der Waals surface area contributed by atoms with Gasteiger partial charge in [-0.1, -0.05) is 32.0 Å². The molecule has 0 radical (unpaired) electrons. The number of halogens is 3. The molecular formula is C26H28F3N3O4. The highest BCUT2D eigenvalue weighted by molar-refractivity contribution is 6.13. The smallest absolute Gasteiger partial charge is 0.376 e. The van der Waals surface area contributed by atoms with Gasteiger partial charge >= 0.3 is 6.18 Å². The average Bonchev–Trinajstić information content (AvgIpc) is 3.46. The molecule has 1 aromatic carbocycles. The van der Waals surface area contributed by atoms with Crippen LogP contribution >= 0.6 is 0 Å². The number of H-pyrrole nitrogens is 1. The zero-order chi connectivity index (χ0) is 26.0. The summed E-state index contributed by atoms with van der Waals surface area (Å²) in [5.41, 5.74) is -6.13. The van der Waals surface area contributed by atoms with Crippen molar-refractivity contribution in [3.63, 3.8) is 0 Å². The Kier molecular flexibility index (Phi) is 5.59. The van der Waals surface area contributed by atoms with Crippen molar-refractivity contribution >= 4 is 11.7 Å². The van der Waals surface area contributed by atoms with Gasteiger partial charge in [0.05, 0.1) is 23.9 Å². The third-order valence-electron chi connectivity index (χ3n) is 7.42. The molecule has 0 bridgehead atoms. The number of Topliss-reactive ketones (excluding diaryl/α,β-unsaturated/α-hetero) is 1. The molecule has 1 saturated heterocycles. The maximum Gasteiger partial charge on any atom is 0.411 e. The number of rotatable bonds is 4. The Morgan fingerprint density at radius 3 is 2.42 bits per heavy atom. The molecule has 1 N–H and O–H groups in total. The predicted octanol–water partition coefficient (Wildman–Crippen LogP) is 3.94. The lowest BCUT2D eigenvalue weighted by molar-refractivity contribution is -0.189. The van der Waals surface area contributed by atoms with Crippen molar-refractivity contribution in [3.05, 3.63) is 63.2 Å². The molecule has 2 atom stereocenters. The number of nitrogens with zero attached hydrogens (tertiary/aromatic N) is 2. The molecule has 2 aliphatic heterocycles. The van der Waals surface area contributed by atoms with Gasteiger partial charge in [0.25, 0.3) is 11.5 Å². The molecule has 1 aliphatic carbocycles. The van der Waals surface area contributed by atoms with Crippen molar-refractivity contribution < 1.29 is 27.5 Å². The normalized spacial score (nSPS) is 26.2. The Morgan fingerprint density at radius 1 is 1.11 bits per heavy atom. The van der Waals surface area contributed by atoms with Gasteiger partial charge in [0.15, 0.2) is 5.78 Å². The number of hydrogen-bond acceptors (Lipinski definition) is 4. The highest BCUT2D eigenvalue weighted by Gasteiger charge is 2.73. The van der Waals surface area contributed by atoms with Crippen LogP contribution in [-0.2, 0) is 19.7 Å². The van der Waals surface area contributed by atoms with E-state index in [0.717, 1.165) is 16.0 Å². The van der Waals surface area contributed by atoms with Gasteiger partial charge in [-0.25, -0.2) is 4.68 Å². The van der Waals surface area contributed by atoms with Crippen LogP contribution in [0.1, 0.15) is 50.8 Å². The van der Waals surface area contributed by atoms with Gasteiger partial charge in [-0.3, -0.25) is 19.5 Å². The first kappa shape index (κ1) is 24.5. The summed E-state index contributed by atoms with van der Waals surface area (Å²) in [6, 6.07) is 8.15. The number of amides is 1. The number of carbonyl (C=O) groups excluding carboxylic acids is 2. The van der Waals surface area contributed by atoms with Crippen LogP contribution in [0, 0.1) is 12.3 Å². The number of aromatic nitrogens is 2. The largest absolute Gasteiger partial charge is 0.411 e. The van der Waals surface area contributed by atoms with E-state index in [1.165, 1.54) is 6.92 Å². The molecule has 0 unspecified atom stereocenters. The first-order chi connectivity index (χ1) is 16.9. The Labute approximate surface area is 205 Å². The maximum absolute atomic E-state index is 15.3. The van der Waals surface area contributed by atoms with Gasteiger partial charge in [0.1, 0.15) is 0 Å². The molecule has 0 saturated carbocycles. The quantitative estimate of drug-likeness (QED) is 0.685. The lowest BCUT2D eigenvalue weighted by Gasteiger charge is -2.35. The van der Waals surface area contributed by atoms with E-state index in [0.29, 0.717) is 18.7 Å². The minimum Gasteiger partial charge on any atom is -0.376 e. The summed E-state index contributed by atoms with van der Waals surface area (Å²) in [5.74, 6) is -2.06. The van der Waals surface area contributed by atoms with E-state index in [4.69, 9.17) is 4.74 Å². The van der Waals surface area contributed by atoms with Crippen molar-refractivity contribution in [2.45, 2.75) is 64.1 Å². The summed E-state index contributed by atoms with van der Waals surface area (Å²) in [5, 5.41) is 2.71. The third kappa shape index (κ3) is 3.48. The Bertz CT molecular complexity index is 1320. The van der Waals surface area contributed by atoms with Crippen molar-refractivity contribution in [2.24, 2.45) is 5.41 Å². The maximum atomic E-state index is 15.3. The number of ketones is 1. The number of benzene rings is 1. The number of hydrogen-bond donors (Lipinski definition) is 1. The molecule has 0 spiro atoms. The lowest BCUT2D eigenvalue weighted by atomic mass is 9.66. The molecule has 36 heavy (non-hydrogen) atoms. The van der Waals surface area contributed by atoms with Crippen LogP contribution in [0.2, 0.25) is 0 Å². The second kappa shape index (κ2) is 8.19. The standard InChI is InChI=1S/C26H28F3N3O4/c1-15-20(22(34)32(30-15)16-8-5-4-6-9-16)25(26(27,28)29)21-18(12-24(2,3)13-19(21)33)31(23(25)35)14-17-10-7-11-36-17/h4-6,8-9,17,30H,7,10-14H2,1-3H3/t17-,25-/m0/s1. The first-order valence-electron chi connectivity index (χ1n) is 12.0. The van der Waals surface area contributed by atoms with E-state index >= 15 is 13.2 Å². The topological polar surface area (TPSA) is 84.4 Å². The van der Waals surface area contributed by atoms with Gasteiger partial charge in [-0.05, 0) is 43.7 Å². The number of para-hydroxylation sites is 1. The minimum absolute atomic E-state index is 0.0559. The van der Waals surface area contributed by atoms with E-state index in [2.05, 4.69) is 5.10 Å². The molecule has 10 heteroatoms. The predicted molar refractivity (Wildman–Crippen MR) is 125 cm³/mol. The number of carbonyl (C=O) groups is 2. The van der Waals surface area contributed by atoms with E-state index < -0.39 is 51.5 Å². The van der Waals surface area contributed by atoms with E-state index in [-0.39, 0.29) is 30.8 Å². The average molecular weight is 504 g/mol. The van der Waals surface area contributed by atoms with Gasteiger partial charge in [-0.15, -0.1) is 0 Å². The first-order valence-corrected chi connectivity index (χ1v) is 12.0. The second-order valence-electron chi connectivity index (χ2n) is 10.6. The van der Waals surface area contributed by atoms with Crippen molar-refractivity contribution in [2.75, 3.05) is 13.2 Å². The van der Waals surface area contributed by atoms with E-state index in [1.54, 1.807) is 44.2 Å². The molecule has 1 aromatic heterocycles. The highest BCUT2D eigenvalue weighted by Crippen LogP contribution is 2.57. The minimum atomic E-state index is -5.23. The Hall–Kier alpha value is -3.14. The summed E-state index contributed by atoms with van der Waals surface area (Å²) in [6.45, 7) is 5.29. The van der Waals surface area contributed by atoms with Crippen molar-refractivity contribution in [1.29, 1.82) is 0 Å². The molecule has 1 fully saturated rings. The number of aromatic amines is 1. The van der Waals surface area contributed by atoms with Crippen LogP contribution < -0.4 is 5.56 Å². The van der Waals surface area contributed by atoms with Gasteiger partial charge in [0, 0.05) is 30.0 Å². The number of nitrogens with one attached hydrogen (secondary N) is 1. The molecule has 5 rings (SSSR count). The van der Waals surface area contributed by atoms with Crippen molar-refractivity contribution in [1.82, 2.24) is 14.7 Å². The number of alkyl halides is 3. The molecule has 192 valence electrons. The van der Waals surface area contributed by atoms with E-state index in [1.807, 2.05) is 0 Å². The zero-order valence-corrected chi connectivity index (χ0v) is 20.4. The van der Waals surface area contributed by atoms with Gasteiger partial charge < -0.3 is 9.64 Å². The van der Waals surface area contributed by atoms with Crippen LogP contribution in [0.25, 0.3) is 5.69 Å². The molecule has 7 nitrogen and oxygen atoms in total. The summed E-state index contributed by atoms with van der Waals surface area (Å²) in [6.07, 6.45) is -4.35. The van der Waals surface area contributed by atoms with E-state index in [9.17, 15) is 14.4 Å². The highest BCUT2D eigenvalue weighted by atomic mass is 19.4. The number of allylic oxidation sites excluding steroid dienone is 1. The van der Waals surface area contributed by atoms with Crippen LogP contribution in [-0.4, -0.2) is 51.8 Å². The third-order valence-corrected chi connectivity index (χ3v) is 7.42. The zero-order valence-electron chi connectivity index (χ0n) is 20.4. The Balaban J connectivity index is 1.79. The fourth-order valence-electron chi connectivity index (χ4n) is 5.94. The summed E-state index contributed by atoms with van der Waals surface area (Å²) < 4.78 is 52.6. The molecule has 3 heterocycles. The molecule has 2 aromatic rings. The van der Waals surface area contributed by atoms with Crippen LogP contribution in [0.4, 0.5) is 13.2 Å². The SMILES string of the molecule is Cc1[nH]n(-c2ccccc2)c(=O)c1[C@@]1(C(F)(F)F)C(=O)N(C[C@@H]2CCCO2)C2=C1C(=O)CC(C)(C)C2. The Morgan fingerprint density at radius 2 is 1.81 bits per heavy atom. The fourth-order valence-corrected chi connectivity index (χ4v) is 5.94. The van der Waals surface area contributed by atoms with Gasteiger partial charge in [0.2, 0.25) is 5.41 Å². The second-order valence-corrected chi connectivity index (χ2v) is 10.6. The summed E-state index contributed by atoms with van der Waals surface area (Å²) in [4.78, 5) is 42.2. The monoisotopic (exact) mass is 503 g/mol. The van der Waals surface area contributed by atoms with Gasteiger partial charge in [-0.2, -0.15) is 13.2 Å². The van der Waals surface area contributed by atoms with Crippen LogP contribution in [0.3, 0.4) is 0 Å². The van der Waals surface area contributed by atoms with Crippen molar-refractivity contribution in [3.8, 4) is 5.69 Å². The molecule has 3 aliphatic rings. The molecular weight excluding hydrogens is 475 g/mol. The number of aryl methyl sites for hydroxylation is 1. The lowest BCUT2D eigenvalue weighted by Crippen LogP contribution is -2.55. The number of ether oxygens (including phenoxy) is 1. The molecule has 1 amide bonds. The fraction of sp³-hybridized carbons (Fsp3) is 0.500. The van der Waals surface area contributed by atoms with Crippen LogP contribution in [0.5, 0.6) is 0 Å². The van der Waals surface area contributed by atoms with Crippen LogP contribution in [0.15, 0.2) is 46.4 Å².